The second-order valence-electron chi connectivity index (χ2n) is 5.34. The largest absolute Gasteiger partial charge is 0.478 e. The number of nitrogens with one attached hydrogen (secondary N) is 1. The van der Waals surface area contributed by atoms with Crippen molar-refractivity contribution in [3.05, 3.63) is 35.9 Å². The summed E-state index contributed by atoms with van der Waals surface area (Å²) >= 11 is 0. The first-order chi connectivity index (χ1) is 10.2. The quantitative estimate of drug-likeness (QED) is 0.904. The third-order valence-corrected chi connectivity index (χ3v) is 3.79. The van der Waals surface area contributed by atoms with Crippen LogP contribution in [-0.2, 0) is 4.74 Å². The predicted octanol–water partition coefficient (Wildman–Crippen LogP) is 2.77. The first-order valence-electron chi connectivity index (χ1n) is 7.19. The molecule has 0 spiro atoms. The fraction of sp³-hybridized carbons (Fsp3) is 0.375. The molecule has 110 valence electrons. The Kier molecular flexibility index (Phi) is 4.01. The van der Waals surface area contributed by atoms with Gasteiger partial charge in [-0.25, -0.2) is 9.78 Å². The first-order valence-corrected chi connectivity index (χ1v) is 7.19. The lowest BCUT2D eigenvalue weighted by Crippen LogP contribution is -2.24. The van der Waals surface area contributed by atoms with Gasteiger partial charge in [-0.3, -0.25) is 0 Å². The predicted molar refractivity (Wildman–Crippen MR) is 80.7 cm³/mol. The van der Waals surface area contributed by atoms with Gasteiger partial charge in [0.1, 0.15) is 5.82 Å². The third-order valence-electron chi connectivity index (χ3n) is 3.79. The van der Waals surface area contributed by atoms with Gasteiger partial charge in [0.05, 0.1) is 17.7 Å². The molecule has 21 heavy (non-hydrogen) atoms. The van der Waals surface area contributed by atoms with Crippen molar-refractivity contribution >= 4 is 22.7 Å². The van der Waals surface area contributed by atoms with Gasteiger partial charge in [0.15, 0.2) is 0 Å². The number of carbonyl (C=O) groups is 1. The van der Waals surface area contributed by atoms with E-state index in [-0.39, 0.29) is 5.56 Å². The highest BCUT2D eigenvalue weighted by atomic mass is 16.5. The van der Waals surface area contributed by atoms with Crippen molar-refractivity contribution in [2.75, 3.05) is 25.1 Å². The van der Waals surface area contributed by atoms with E-state index in [2.05, 4.69) is 10.3 Å². The van der Waals surface area contributed by atoms with Crippen LogP contribution >= 0.6 is 0 Å². The lowest BCUT2D eigenvalue weighted by molar-refractivity contribution is 0.0595. The molecule has 2 aromatic rings. The summed E-state index contributed by atoms with van der Waals surface area (Å²) in [5.41, 5.74) is 0.979. The first kappa shape index (κ1) is 13.8. The van der Waals surface area contributed by atoms with E-state index in [1.165, 1.54) is 6.42 Å². The smallest absolute Gasteiger partial charge is 0.336 e. The van der Waals surface area contributed by atoms with Crippen LogP contribution in [0.15, 0.2) is 30.3 Å². The molecule has 1 unspecified atom stereocenters. The number of aromatic nitrogens is 1. The summed E-state index contributed by atoms with van der Waals surface area (Å²) in [6.07, 6.45) is 2.28. The molecule has 0 bridgehead atoms. The average molecular weight is 286 g/mol. The molecule has 0 saturated carbocycles. The van der Waals surface area contributed by atoms with E-state index in [9.17, 15) is 4.79 Å². The van der Waals surface area contributed by atoms with Crippen LogP contribution in [0.1, 0.15) is 23.2 Å². The van der Waals surface area contributed by atoms with Crippen molar-refractivity contribution in [2.45, 2.75) is 12.8 Å². The molecular weight excluding hydrogens is 268 g/mol. The lowest BCUT2D eigenvalue weighted by Gasteiger charge is -2.22. The monoisotopic (exact) mass is 286 g/mol. The van der Waals surface area contributed by atoms with Crippen LogP contribution in [0.3, 0.4) is 0 Å². The highest BCUT2D eigenvalue weighted by molar-refractivity contribution is 6.02. The van der Waals surface area contributed by atoms with E-state index in [0.717, 1.165) is 32.0 Å². The van der Waals surface area contributed by atoms with Gasteiger partial charge in [-0.15, -0.1) is 0 Å². The number of nitrogens with zero attached hydrogens (tertiary/aromatic N) is 1. The van der Waals surface area contributed by atoms with Crippen molar-refractivity contribution < 1.29 is 14.6 Å². The minimum Gasteiger partial charge on any atom is -0.478 e. The summed E-state index contributed by atoms with van der Waals surface area (Å²) in [6.45, 7) is 2.49. The van der Waals surface area contributed by atoms with Crippen LogP contribution in [0.4, 0.5) is 5.82 Å². The Morgan fingerprint density at radius 2 is 2.29 bits per heavy atom. The third kappa shape index (κ3) is 3.13. The van der Waals surface area contributed by atoms with Crippen molar-refractivity contribution in [1.82, 2.24) is 4.98 Å². The number of aromatic carboxylic acids is 1. The zero-order valence-corrected chi connectivity index (χ0v) is 11.7. The van der Waals surface area contributed by atoms with Crippen molar-refractivity contribution in [3.63, 3.8) is 0 Å². The maximum atomic E-state index is 11.2. The lowest BCUT2D eigenvalue weighted by atomic mass is 10.0. The maximum absolute atomic E-state index is 11.2. The summed E-state index contributed by atoms with van der Waals surface area (Å²) in [7, 11) is 0. The van der Waals surface area contributed by atoms with E-state index in [1.807, 2.05) is 18.2 Å². The molecule has 3 rings (SSSR count). The molecule has 2 N–H and O–H groups in total. The topological polar surface area (TPSA) is 71.5 Å². The van der Waals surface area contributed by atoms with Crippen molar-refractivity contribution in [3.8, 4) is 0 Å². The average Bonchev–Trinajstić information content (AvgIpc) is 2.53. The van der Waals surface area contributed by atoms with Gasteiger partial charge in [-0.05, 0) is 43.0 Å². The SMILES string of the molecule is O=C(O)c1cccc2nc(NCC3CCCOC3)ccc12. The van der Waals surface area contributed by atoms with Gasteiger partial charge in [-0.2, -0.15) is 0 Å². The summed E-state index contributed by atoms with van der Waals surface area (Å²) in [5, 5.41) is 13.1. The Hall–Kier alpha value is -2.14. The second-order valence-corrected chi connectivity index (χ2v) is 5.34. The van der Waals surface area contributed by atoms with E-state index in [4.69, 9.17) is 9.84 Å². The number of anilines is 1. The van der Waals surface area contributed by atoms with E-state index in [1.54, 1.807) is 12.1 Å². The normalized spacial score (nSPS) is 18.6. The maximum Gasteiger partial charge on any atom is 0.336 e. The molecule has 1 aromatic carbocycles. The van der Waals surface area contributed by atoms with Crippen LogP contribution in [0.5, 0.6) is 0 Å². The number of hydrogen-bond donors (Lipinski definition) is 2. The van der Waals surface area contributed by atoms with Gasteiger partial charge in [0, 0.05) is 18.5 Å². The number of ether oxygens (including phenoxy) is 1. The van der Waals surface area contributed by atoms with Gasteiger partial charge < -0.3 is 15.2 Å². The van der Waals surface area contributed by atoms with E-state index in [0.29, 0.717) is 16.8 Å². The Bertz CT molecular complexity index is 651. The minimum atomic E-state index is -0.928. The zero-order chi connectivity index (χ0) is 14.7. The Morgan fingerprint density at radius 3 is 3.05 bits per heavy atom. The van der Waals surface area contributed by atoms with Gasteiger partial charge in [0.2, 0.25) is 0 Å². The molecule has 1 fully saturated rings. The minimum absolute atomic E-state index is 0.284. The van der Waals surface area contributed by atoms with Crippen LogP contribution in [0, 0.1) is 5.92 Å². The molecule has 1 aromatic heterocycles. The number of pyridine rings is 1. The molecule has 0 radical (unpaired) electrons. The Morgan fingerprint density at radius 1 is 1.38 bits per heavy atom. The molecule has 0 aliphatic carbocycles. The van der Waals surface area contributed by atoms with Crippen LogP contribution in [-0.4, -0.2) is 35.8 Å². The van der Waals surface area contributed by atoms with Crippen LogP contribution in [0.2, 0.25) is 0 Å². The highest BCUT2D eigenvalue weighted by Gasteiger charge is 2.14. The summed E-state index contributed by atoms with van der Waals surface area (Å²) in [6, 6.07) is 8.79. The van der Waals surface area contributed by atoms with E-state index >= 15 is 0 Å². The number of fused-ring (bicyclic) bond motifs is 1. The molecule has 0 amide bonds. The second kappa shape index (κ2) is 6.10. The molecule has 1 aliphatic heterocycles. The summed E-state index contributed by atoms with van der Waals surface area (Å²) < 4.78 is 5.46. The van der Waals surface area contributed by atoms with Crippen molar-refractivity contribution in [2.24, 2.45) is 5.92 Å². The number of benzene rings is 1. The molecule has 5 heteroatoms. The molecule has 1 atom stereocenters. The number of carboxylic acids is 1. The molecule has 5 nitrogen and oxygen atoms in total. The van der Waals surface area contributed by atoms with Gasteiger partial charge in [0.25, 0.3) is 0 Å². The van der Waals surface area contributed by atoms with Gasteiger partial charge >= 0.3 is 5.97 Å². The van der Waals surface area contributed by atoms with Crippen molar-refractivity contribution in [1.29, 1.82) is 0 Å². The molecule has 1 aliphatic rings. The Balaban J connectivity index is 1.76. The summed E-state index contributed by atoms with van der Waals surface area (Å²) in [5.74, 6) is 0.361. The fourth-order valence-corrected chi connectivity index (χ4v) is 2.66. The zero-order valence-electron chi connectivity index (χ0n) is 11.7. The van der Waals surface area contributed by atoms with Crippen LogP contribution in [0.25, 0.3) is 10.9 Å². The number of hydrogen-bond acceptors (Lipinski definition) is 4. The van der Waals surface area contributed by atoms with Gasteiger partial charge in [-0.1, -0.05) is 6.07 Å². The number of rotatable bonds is 4. The standard InChI is InChI=1S/C16H18N2O3/c19-16(20)13-4-1-5-14-12(13)6-7-15(18-14)17-9-11-3-2-8-21-10-11/h1,4-7,11H,2-3,8-10H2,(H,17,18)(H,19,20). The highest BCUT2D eigenvalue weighted by Crippen LogP contribution is 2.20. The fourth-order valence-electron chi connectivity index (χ4n) is 2.66. The number of carboxylic acid groups (broad SMARTS) is 1. The molecule has 2 heterocycles. The van der Waals surface area contributed by atoms with Crippen LogP contribution < -0.4 is 5.32 Å². The summed E-state index contributed by atoms with van der Waals surface area (Å²) in [4.78, 5) is 15.7. The molecular formula is C16H18N2O3. The Labute approximate surface area is 123 Å². The molecule has 1 saturated heterocycles. The van der Waals surface area contributed by atoms with E-state index < -0.39 is 5.97 Å².